The van der Waals surface area contributed by atoms with E-state index in [1.54, 1.807) is 0 Å². The lowest BCUT2D eigenvalue weighted by Gasteiger charge is -2.20. The molecular weight excluding hydrogens is 284 g/mol. The summed E-state index contributed by atoms with van der Waals surface area (Å²) < 4.78 is 0. The van der Waals surface area contributed by atoms with Gasteiger partial charge in [0.1, 0.15) is 0 Å². The van der Waals surface area contributed by atoms with Crippen molar-refractivity contribution in [1.29, 1.82) is 0 Å². The standard InChI is InChI=1S/C16H26N2O2S/c1-12(2)18(3)11-6-5-10-17-13-8-7-9-14(21-4)15(13)16(19)20/h7-9,12,17H,5-6,10-11H2,1-4H3,(H,19,20). The maximum Gasteiger partial charge on any atom is 0.338 e. The largest absolute Gasteiger partial charge is 0.478 e. The Morgan fingerprint density at radius 1 is 1.38 bits per heavy atom. The zero-order valence-corrected chi connectivity index (χ0v) is 14.2. The highest BCUT2D eigenvalue weighted by molar-refractivity contribution is 7.98. The van der Waals surface area contributed by atoms with E-state index < -0.39 is 5.97 Å². The lowest BCUT2D eigenvalue weighted by molar-refractivity contribution is 0.0694. The van der Waals surface area contributed by atoms with Crippen molar-refractivity contribution in [1.82, 2.24) is 4.90 Å². The molecule has 0 aliphatic carbocycles. The van der Waals surface area contributed by atoms with Crippen molar-refractivity contribution in [2.75, 3.05) is 31.7 Å². The van der Waals surface area contributed by atoms with Crippen LogP contribution in [0.15, 0.2) is 23.1 Å². The van der Waals surface area contributed by atoms with Crippen molar-refractivity contribution in [3.63, 3.8) is 0 Å². The molecule has 0 unspecified atom stereocenters. The second-order valence-electron chi connectivity index (χ2n) is 5.40. The monoisotopic (exact) mass is 310 g/mol. The number of nitrogens with zero attached hydrogens (tertiary/aromatic N) is 1. The van der Waals surface area contributed by atoms with Crippen molar-refractivity contribution in [2.45, 2.75) is 37.6 Å². The van der Waals surface area contributed by atoms with Gasteiger partial charge in [-0.1, -0.05) is 6.07 Å². The fourth-order valence-electron chi connectivity index (χ4n) is 2.04. The van der Waals surface area contributed by atoms with Crippen LogP contribution in [-0.2, 0) is 0 Å². The number of carboxylic acid groups (broad SMARTS) is 1. The van der Waals surface area contributed by atoms with Crippen LogP contribution in [-0.4, -0.2) is 48.4 Å². The Hall–Kier alpha value is -1.20. The summed E-state index contributed by atoms with van der Waals surface area (Å²) in [6.45, 7) is 6.23. The Balaban J connectivity index is 2.51. The number of carboxylic acids is 1. The lowest BCUT2D eigenvalue weighted by Crippen LogP contribution is -2.27. The molecule has 0 aliphatic rings. The number of anilines is 1. The van der Waals surface area contributed by atoms with E-state index in [1.807, 2.05) is 24.5 Å². The molecule has 1 rings (SSSR count). The van der Waals surface area contributed by atoms with E-state index in [9.17, 15) is 9.90 Å². The van der Waals surface area contributed by atoms with Gasteiger partial charge in [-0.2, -0.15) is 0 Å². The highest BCUT2D eigenvalue weighted by Crippen LogP contribution is 2.27. The summed E-state index contributed by atoms with van der Waals surface area (Å²) in [4.78, 5) is 14.5. The van der Waals surface area contributed by atoms with Crippen molar-refractivity contribution in [3.8, 4) is 0 Å². The number of unbranched alkanes of at least 4 members (excludes halogenated alkanes) is 1. The van der Waals surface area contributed by atoms with Crippen LogP contribution in [0.2, 0.25) is 0 Å². The third-order valence-electron chi connectivity index (χ3n) is 3.59. The smallest absolute Gasteiger partial charge is 0.338 e. The molecule has 118 valence electrons. The topological polar surface area (TPSA) is 52.6 Å². The average Bonchev–Trinajstić information content (AvgIpc) is 2.45. The van der Waals surface area contributed by atoms with Crippen molar-refractivity contribution in [2.24, 2.45) is 0 Å². The van der Waals surface area contributed by atoms with Crippen molar-refractivity contribution in [3.05, 3.63) is 23.8 Å². The number of nitrogens with one attached hydrogen (secondary N) is 1. The molecule has 2 N–H and O–H groups in total. The number of rotatable bonds is 9. The number of thioether (sulfide) groups is 1. The van der Waals surface area contributed by atoms with Gasteiger partial charge in [0, 0.05) is 23.2 Å². The van der Waals surface area contributed by atoms with E-state index in [0.717, 1.165) is 30.8 Å². The van der Waals surface area contributed by atoms with E-state index in [2.05, 4.69) is 31.1 Å². The van der Waals surface area contributed by atoms with Crippen LogP contribution >= 0.6 is 11.8 Å². The molecule has 0 radical (unpaired) electrons. The van der Waals surface area contributed by atoms with Gasteiger partial charge in [-0.3, -0.25) is 0 Å². The van der Waals surface area contributed by atoms with Gasteiger partial charge in [0.05, 0.1) is 5.56 Å². The van der Waals surface area contributed by atoms with Crippen LogP contribution in [0.3, 0.4) is 0 Å². The van der Waals surface area contributed by atoms with E-state index in [0.29, 0.717) is 17.3 Å². The Kier molecular flexibility index (Phi) is 7.61. The minimum Gasteiger partial charge on any atom is -0.478 e. The van der Waals surface area contributed by atoms with Gasteiger partial charge < -0.3 is 15.3 Å². The van der Waals surface area contributed by atoms with Gasteiger partial charge in [0.15, 0.2) is 0 Å². The molecular formula is C16H26N2O2S. The van der Waals surface area contributed by atoms with Crippen LogP contribution in [0.1, 0.15) is 37.0 Å². The third-order valence-corrected chi connectivity index (χ3v) is 4.37. The maximum absolute atomic E-state index is 11.4. The minimum absolute atomic E-state index is 0.379. The van der Waals surface area contributed by atoms with Crippen molar-refractivity contribution >= 4 is 23.4 Å². The zero-order chi connectivity index (χ0) is 15.8. The minimum atomic E-state index is -0.873. The summed E-state index contributed by atoms with van der Waals surface area (Å²) in [5.41, 5.74) is 1.09. The molecule has 0 amide bonds. The Morgan fingerprint density at radius 2 is 2.10 bits per heavy atom. The van der Waals surface area contributed by atoms with Gasteiger partial charge in [-0.15, -0.1) is 11.8 Å². The molecule has 5 heteroatoms. The highest BCUT2D eigenvalue weighted by Gasteiger charge is 2.14. The molecule has 0 aliphatic heterocycles. The van der Waals surface area contributed by atoms with Crippen LogP contribution < -0.4 is 5.32 Å². The SMILES string of the molecule is CSc1cccc(NCCCCN(C)C(C)C)c1C(=O)O. The molecule has 21 heavy (non-hydrogen) atoms. The van der Waals surface area contributed by atoms with Crippen LogP contribution in [0.5, 0.6) is 0 Å². The first-order valence-electron chi connectivity index (χ1n) is 7.31. The molecule has 0 bridgehead atoms. The molecule has 0 aromatic heterocycles. The first kappa shape index (κ1) is 17.9. The predicted molar refractivity (Wildman–Crippen MR) is 90.7 cm³/mol. The molecule has 0 atom stereocenters. The molecule has 1 aromatic carbocycles. The first-order valence-corrected chi connectivity index (χ1v) is 8.54. The van der Waals surface area contributed by atoms with E-state index in [-0.39, 0.29) is 0 Å². The van der Waals surface area contributed by atoms with Gasteiger partial charge in [0.25, 0.3) is 0 Å². The second kappa shape index (κ2) is 8.95. The van der Waals surface area contributed by atoms with Gasteiger partial charge in [0.2, 0.25) is 0 Å². The Bertz CT molecular complexity index is 464. The number of hydrogen-bond donors (Lipinski definition) is 2. The normalized spacial score (nSPS) is 11.1. The third kappa shape index (κ3) is 5.59. The molecule has 4 nitrogen and oxygen atoms in total. The molecule has 0 heterocycles. The number of aromatic carboxylic acids is 1. The Labute approximate surface area is 131 Å². The zero-order valence-electron chi connectivity index (χ0n) is 13.3. The van der Waals surface area contributed by atoms with Crippen molar-refractivity contribution < 1.29 is 9.90 Å². The summed E-state index contributed by atoms with van der Waals surface area (Å²) in [6.07, 6.45) is 4.03. The Morgan fingerprint density at radius 3 is 2.67 bits per heavy atom. The number of hydrogen-bond acceptors (Lipinski definition) is 4. The number of benzene rings is 1. The van der Waals surface area contributed by atoms with Gasteiger partial charge in [-0.05, 0) is 58.7 Å². The highest BCUT2D eigenvalue weighted by atomic mass is 32.2. The number of carbonyl (C=O) groups is 1. The maximum atomic E-state index is 11.4. The molecule has 0 saturated heterocycles. The fraction of sp³-hybridized carbons (Fsp3) is 0.562. The quantitative estimate of drug-likeness (QED) is 0.539. The van der Waals surface area contributed by atoms with Crippen LogP contribution in [0.25, 0.3) is 0 Å². The first-order chi connectivity index (χ1) is 9.97. The fourth-order valence-corrected chi connectivity index (χ4v) is 2.65. The molecule has 0 saturated carbocycles. The molecule has 1 aromatic rings. The summed E-state index contributed by atoms with van der Waals surface area (Å²) in [5, 5.41) is 12.6. The predicted octanol–water partition coefficient (Wildman–Crippen LogP) is 3.64. The summed E-state index contributed by atoms with van der Waals surface area (Å²) in [6, 6.07) is 6.14. The van der Waals surface area contributed by atoms with Gasteiger partial charge >= 0.3 is 5.97 Å². The lowest BCUT2D eigenvalue weighted by atomic mass is 10.1. The summed E-state index contributed by atoms with van der Waals surface area (Å²) in [5.74, 6) is -0.873. The average molecular weight is 310 g/mol. The molecule has 0 spiro atoms. The summed E-state index contributed by atoms with van der Waals surface area (Å²) >= 11 is 1.46. The van der Waals surface area contributed by atoms with Gasteiger partial charge in [-0.25, -0.2) is 4.79 Å². The van der Waals surface area contributed by atoms with E-state index in [1.165, 1.54) is 11.8 Å². The van der Waals surface area contributed by atoms with Crippen LogP contribution in [0, 0.1) is 0 Å². The van der Waals surface area contributed by atoms with E-state index in [4.69, 9.17) is 0 Å². The summed E-state index contributed by atoms with van der Waals surface area (Å²) in [7, 11) is 2.13. The second-order valence-corrected chi connectivity index (χ2v) is 6.24. The van der Waals surface area contributed by atoms with Crippen LogP contribution in [0.4, 0.5) is 5.69 Å². The van der Waals surface area contributed by atoms with E-state index >= 15 is 0 Å². The molecule has 0 fully saturated rings.